The van der Waals surface area contributed by atoms with Crippen LogP contribution in [0.1, 0.15) is 22.7 Å². The molecule has 1 aliphatic rings. The summed E-state index contributed by atoms with van der Waals surface area (Å²) in [5, 5.41) is 4.55. The summed E-state index contributed by atoms with van der Waals surface area (Å²) >= 11 is 6.25. The van der Waals surface area contributed by atoms with E-state index in [0.29, 0.717) is 12.1 Å². The Labute approximate surface area is 166 Å². The highest BCUT2D eigenvalue weighted by molar-refractivity contribution is 6.31. The number of hydrogen-bond acceptors (Lipinski definition) is 2. The number of likely N-dealkylation sites (tertiary alicyclic amines) is 1. The van der Waals surface area contributed by atoms with Crippen LogP contribution in [-0.2, 0) is 6.42 Å². The van der Waals surface area contributed by atoms with Crippen molar-refractivity contribution in [2.45, 2.75) is 18.5 Å². The van der Waals surface area contributed by atoms with Gasteiger partial charge in [-0.25, -0.2) is 0 Å². The predicted octanol–water partition coefficient (Wildman–Crippen LogP) is 4.95. The Morgan fingerprint density at radius 1 is 0.815 bits per heavy atom. The molecular weight excluding hydrogens is 352 g/mol. The minimum absolute atomic E-state index is 0.328. The van der Waals surface area contributed by atoms with E-state index in [1.165, 1.54) is 16.7 Å². The first-order valence-corrected chi connectivity index (χ1v) is 10.00. The van der Waals surface area contributed by atoms with Gasteiger partial charge in [0, 0.05) is 24.2 Å². The third-order valence-corrected chi connectivity index (χ3v) is 5.66. The molecule has 0 atom stereocenters. The van der Waals surface area contributed by atoms with Crippen molar-refractivity contribution in [3.05, 3.63) is 107 Å². The van der Waals surface area contributed by atoms with Gasteiger partial charge in [-0.15, -0.1) is 0 Å². The van der Waals surface area contributed by atoms with Crippen molar-refractivity contribution in [1.29, 1.82) is 0 Å². The van der Waals surface area contributed by atoms with Gasteiger partial charge in [-0.2, -0.15) is 0 Å². The van der Waals surface area contributed by atoms with Gasteiger partial charge in [-0.3, -0.25) is 4.90 Å². The fourth-order valence-corrected chi connectivity index (χ4v) is 4.08. The summed E-state index contributed by atoms with van der Waals surface area (Å²) in [6.07, 6.45) is 0.969. The normalized spacial score (nSPS) is 15.0. The maximum absolute atomic E-state index is 6.25. The molecule has 4 rings (SSSR count). The average molecular weight is 377 g/mol. The van der Waals surface area contributed by atoms with E-state index < -0.39 is 0 Å². The lowest BCUT2D eigenvalue weighted by molar-refractivity contribution is 0.0936. The van der Waals surface area contributed by atoms with Crippen molar-refractivity contribution in [3.63, 3.8) is 0 Å². The van der Waals surface area contributed by atoms with Crippen LogP contribution in [0, 0.1) is 0 Å². The molecule has 1 aliphatic heterocycles. The summed E-state index contributed by atoms with van der Waals surface area (Å²) < 4.78 is 0. The van der Waals surface area contributed by atoms with Crippen molar-refractivity contribution in [1.82, 2.24) is 10.2 Å². The highest BCUT2D eigenvalue weighted by Gasteiger charge is 2.33. The molecule has 1 N–H and O–H groups in total. The van der Waals surface area contributed by atoms with Gasteiger partial charge >= 0.3 is 0 Å². The molecule has 3 heteroatoms. The molecule has 0 unspecified atom stereocenters. The SMILES string of the molecule is Clc1ccccc1CCNC1CN(C(c2ccccc2)c2ccccc2)C1. The van der Waals surface area contributed by atoms with E-state index in [-0.39, 0.29) is 0 Å². The molecule has 2 nitrogen and oxygen atoms in total. The first-order valence-electron chi connectivity index (χ1n) is 9.62. The fourth-order valence-electron chi connectivity index (χ4n) is 3.85. The molecule has 0 bridgehead atoms. The zero-order chi connectivity index (χ0) is 18.5. The summed E-state index contributed by atoms with van der Waals surface area (Å²) in [5.41, 5.74) is 3.94. The Morgan fingerprint density at radius 2 is 1.37 bits per heavy atom. The van der Waals surface area contributed by atoms with Gasteiger partial charge in [0.25, 0.3) is 0 Å². The molecule has 1 heterocycles. The second-order valence-electron chi connectivity index (χ2n) is 7.17. The van der Waals surface area contributed by atoms with Crippen LogP contribution in [0.15, 0.2) is 84.9 Å². The molecule has 0 aliphatic carbocycles. The van der Waals surface area contributed by atoms with Crippen molar-refractivity contribution in [3.8, 4) is 0 Å². The van der Waals surface area contributed by atoms with Crippen LogP contribution in [-0.4, -0.2) is 30.6 Å². The lowest BCUT2D eigenvalue weighted by Crippen LogP contribution is -2.59. The van der Waals surface area contributed by atoms with E-state index in [4.69, 9.17) is 11.6 Å². The highest BCUT2D eigenvalue weighted by Crippen LogP contribution is 2.32. The van der Waals surface area contributed by atoms with Gasteiger partial charge in [0.15, 0.2) is 0 Å². The summed E-state index contributed by atoms with van der Waals surface area (Å²) in [4.78, 5) is 2.55. The lowest BCUT2D eigenvalue weighted by atomic mass is 9.93. The first-order chi connectivity index (χ1) is 13.3. The van der Waals surface area contributed by atoms with E-state index >= 15 is 0 Å². The van der Waals surface area contributed by atoms with Crippen LogP contribution in [0.4, 0.5) is 0 Å². The van der Waals surface area contributed by atoms with E-state index in [1.807, 2.05) is 12.1 Å². The molecule has 0 amide bonds. The zero-order valence-electron chi connectivity index (χ0n) is 15.4. The van der Waals surface area contributed by atoms with Crippen molar-refractivity contribution >= 4 is 11.6 Å². The molecule has 0 saturated carbocycles. The predicted molar refractivity (Wildman–Crippen MR) is 113 cm³/mol. The van der Waals surface area contributed by atoms with Gasteiger partial charge in [0.2, 0.25) is 0 Å². The van der Waals surface area contributed by atoms with Crippen LogP contribution in [0.25, 0.3) is 0 Å². The largest absolute Gasteiger partial charge is 0.311 e. The van der Waals surface area contributed by atoms with Crippen molar-refractivity contribution in [2.24, 2.45) is 0 Å². The monoisotopic (exact) mass is 376 g/mol. The number of nitrogens with one attached hydrogen (secondary N) is 1. The molecular formula is C24H25ClN2. The molecule has 3 aromatic carbocycles. The van der Waals surface area contributed by atoms with Crippen LogP contribution in [0.2, 0.25) is 5.02 Å². The minimum atomic E-state index is 0.328. The van der Waals surface area contributed by atoms with E-state index in [0.717, 1.165) is 31.1 Å². The third-order valence-electron chi connectivity index (χ3n) is 5.29. The molecule has 0 radical (unpaired) electrons. The smallest absolute Gasteiger partial charge is 0.0602 e. The summed E-state index contributed by atoms with van der Waals surface area (Å²) in [7, 11) is 0. The Bertz CT molecular complexity index is 805. The molecule has 0 aromatic heterocycles. The van der Waals surface area contributed by atoms with Gasteiger partial charge in [-0.1, -0.05) is 90.5 Å². The Kier molecular flexibility index (Phi) is 5.88. The van der Waals surface area contributed by atoms with Crippen LogP contribution in [0.5, 0.6) is 0 Å². The first kappa shape index (κ1) is 18.2. The van der Waals surface area contributed by atoms with E-state index in [1.54, 1.807) is 0 Å². The van der Waals surface area contributed by atoms with Gasteiger partial charge in [0.05, 0.1) is 6.04 Å². The second-order valence-corrected chi connectivity index (χ2v) is 7.58. The molecule has 1 fully saturated rings. The maximum Gasteiger partial charge on any atom is 0.0602 e. The molecule has 27 heavy (non-hydrogen) atoms. The van der Waals surface area contributed by atoms with E-state index in [9.17, 15) is 0 Å². The van der Waals surface area contributed by atoms with Gasteiger partial charge < -0.3 is 5.32 Å². The number of hydrogen-bond donors (Lipinski definition) is 1. The highest BCUT2D eigenvalue weighted by atomic mass is 35.5. The van der Waals surface area contributed by atoms with Crippen molar-refractivity contribution < 1.29 is 0 Å². The van der Waals surface area contributed by atoms with Crippen LogP contribution < -0.4 is 5.32 Å². The quantitative estimate of drug-likeness (QED) is 0.627. The average Bonchev–Trinajstić information content (AvgIpc) is 2.69. The zero-order valence-corrected chi connectivity index (χ0v) is 16.1. The van der Waals surface area contributed by atoms with Gasteiger partial charge in [0.1, 0.15) is 0 Å². The van der Waals surface area contributed by atoms with Crippen LogP contribution >= 0.6 is 11.6 Å². The molecule has 3 aromatic rings. The van der Waals surface area contributed by atoms with E-state index in [2.05, 4.69) is 83.0 Å². The second kappa shape index (κ2) is 8.71. The maximum atomic E-state index is 6.25. The summed E-state index contributed by atoms with van der Waals surface area (Å²) in [5.74, 6) is 0. The number of rotatable bonds is 7. The summed E-state index contributed by atoms with van der Waals surface area (Å²) in [6, 6.07) is 30.6. The lowest BCUT2D eigenvalue weighted by Gasteiger charge is -2.45. The topological polar surface area (TPSA) is 15.3 Å². The third kappa shape index (κ3) is 4.41. The summed E-state index contributed by atoms with van der Waals surface area (Å²) in [6.45, 7) is 3.09. The molecule has 1 saturated heterocycles. The Hall–Kier alpha value is -2.13. The van der Waals surface area contributed by atoms with Gasteiger partial charge in [-0.05, 0) is 35.7 Å². The van der Waals surface area contributed by atoms with Crippen molar-refractivity contribution in [2.75, 3.05) is 19.6 Å². The molecule has 0 spiro atoms. The minimum Gasteiger partial charge on any atom is -0.311 e. The Morgan fingerprint density at radius 3 is 1.96 bits per heavy atom. The number of halogens is 1. The molecule has 138 valence electrons. The van der Waals surface area contributed by atoms with Crippen LogP contribution in [0.3, 0.4) is 0 Å². The standard InChI is InChI=1S/C24H25ClN2/c25-23-14-8-7-9-19(23)15-16-26-22-17-27(18-22)24(20-10-3-1-4-11-20)21-12-5-2-6-13-21/h1-14,22,24,26H,15-18H2. The number of nitrogens with zero attached hydrogens (tertiary/aromatic N) is 1. The Balaban J connectivity index is 1.35. The number of benzene rings is 3. The fraction of sp³-hybridized carbons (Fsp3) is 0.250.